The van der Waals surface area contributed by atoms with Crippen molar-refractivity contribution in [2.75, 3.05) is 6.54 Å². The summed E-state index contributed by atoms with van der Waals surface area (Å²) >= 11 is 23.2. The van der Waals surface area contributed by atoms with Crippen LogP contribution in [-0.2, 0) is 6.42 Å². The van der Waals surface area contributed by atoms with Gasteiger partial charge < -0.3 is 5.32 Å². The van der Waals surface area contributed by atoms with Gasteiger partial charge in [0.05, 0.1) is 10.0 Å². The molecule has 0 saturated carbocycles. The molecule has 1 aromatic carbocycles. The van der Waals surface area contributed by atoms with Crippen LogP contribution in [0.25, 0.3) is 0 Å². The molecule has 0 amide bonds. The van der Waals surface area contributed by atoms with Crippen molar-refractivity contribution < 1.29 is 0 Å². The van der Waals surface area contributed by atoms with E-state index in [-0.39, 0.29) is 6.04 Å². The van der Waals surface area contributed by atoms with Crippen LogP contribution in [-0.4, -0.2) is 6.54 Å². The third kappa shape index (κ3) is 4.12. The fourth-order valence-corrected chi connectivity index (χ4v) is 4.09. The van der Waals surface area contributed by atoms with Crippen LogP contribution in [0.1, 0.15) is 23.4 Å². The number of likely N-dealkylation sites (N-methyl/N-ethyl adjacent to an activating group) is 1. The van der Waals surface area contributed by atoms with Gasteiger partial charge in [-0.2, -0.15) is 0 Å². The zero-order valence-corrected chi connectivity index (χ0v) is 15.4. The first kappa shape index (κ1) is 16.6. The summed E-state index contributed by atoms with van der Waals surface area (Å²) in [5.74, 6) is 0. The molecule has 1 aromatic heterocycles. The summed E-state index contributed by atoms with van der Waals surface area (Å²) in [6.45, 7) is 2.98. The first-order valence-electron chi connectivity index (χ1n) is 6.13. The molecule has 108 valence electrons. The molecule has 0 aliphatic carbocycles. The summed E-state index contributed by atoms with van der Waals surface area (Å²) in [6, 6.07) is 8.03. The molecular formula is C14H13BrCl3NS. The van der Waals surface area contributed by atoms with E-state index in [1.165, 1.54) is 4.88 Å². The molecule has 0 fully saturated rings. The number of benzene rings is 1. The molecule has 0 radical (unpaired) electrons. The van der Waals surface area contributed by atoms with Crippen molar-refractivity contribution in [1.29, 1.82) is 0 Å². The molecule has 20 heavy (non-hydrogen) atoms. The highest BCUT2D eigenvalue weighted by atomic mass is 79.9. The predicted octanol–water partition coefficient (Wildman–Crippen LogP) is 6.36. The van der Waals surface area contributed by atoms with Crippen LogP contribution in [0.4, 0.5) is 0 Å². The van der Waals surface area contributed by atoms with Crippen molar-refractivity contribution in [1.82, 2.24) is 5.32 Å². The summed E-state index contributed by atoms with van der Waals surface area (Å²) in [4.78, 5) is 1.20. The number of nitrogens with one attached hydrogen (secondary N) is 1. The lowest BCUT2D eigenvalue weighted by Crippen LogP contribution is -2.22. The predicted molar refractivity (Wildman–Crippen MR) is 93.6 cm³/mol. The number of thiophene rings is 1. The number of halogens is 4. The zero-order chi connectivity index (χ0) is 14.7. The highest BCUT2D eigenvalue weighted by Crippen LogP contribution is 2.36. The van der Waals surface area contributed by atoms with Gasteiger partial charge in [-0.15, -0.1) is 11.3 Å². The van der Waals surface area contributed by atoms with Crippen molar-refractivity contribution in [3.8, 4) is 0 Å². The van der Waals surface area contributed by atoms with Gasteiger partial charge in [0.2, 0.25) is 0 Å². The Morgan fingerprint density at radius 2 is 1.95 bits per heavy atom. The molecule has 2 rings (SSSR count). The van der Waals surface area contributed by atoms with E-state index in [4.69, 9.17) is 34.8 Å². The Labute approximate surface area is 146 Å². The third-order valence-corrected chi connectivity index (χ3v) is 6.21. The molecule has 0 saturated heterocycles. The standard InChI is InChI=1S/C14H13BrCl3NS/c1-2-19-12(13-7-9(15)14(18)20-13)6-8-3-4-10(16)11(17)5-8/h3-5,7,12,19H,2,6H2,1H3. The Kier molecular flexibility index (Phi) is 6.21. The minimum absolute atomic E-state index is 0.214. The van der Waals surface area contributed by atoms with Gasteiger partial charge in [-0.3, -0.25) is 0 Å². The van der Waals surface area contributed by atoms with Crippen LogP contribution >= 0.6 is 62.1 Å². The van der Waals surface area contributed by atoms with Crippen molar-refractivity contribution in [3.63, 3.8) is 0 Å². The summed E-state index contributed by atoms with van der Waals surface area (Å²) in [6.07, 6.45) is 0.841. The molecule has 1 atom stereocenters. The second-order valence-corrected chi connectivity index (χ2v) is 7.69. The summed E-state index contributed by atoms with van der Waals surface area (Å²) in [7, 11) is 0. The molecule has 0 aliphatic heterocycles. The fourth-order valence-electron chi connectivity index (χ4n) is 1.96. The molecular weight excluding hydrogens is 400 g/mol. The number of hydrogen-bond donors (Lipinski definition) is 1. The van der Waals surface area contributed by atoms with E-state index in [0.717, 1.165) is 27.3 Å². The molecule has 0 bridgehead atoms. The lowest BCUT2D eigenvalue weighted by molar-refractivity contribution is 0.558. The normalized spacial score (nSPS) is 12.7. The minimum atomic E-state index is 0.214. The number of hydrogen-bond acceptors (Lipinski definition) is 2. The van der Waals surface area contributed by atoms with Crippen LogP contribution in [0.15, 0.2) is 28.7 Å². The SMILES string of the molecule is CCNC(Cc1ccc(Cl)c(Cl)c1)c1cc(Br)c(Cl)s1. The lowest BCUT2D eigenvalue weighted by atomic mass is 10.0. The first-order valence-corrected chi connectivity index (χ1v) is 8.87. The number of rotatable bonds is 5. The van der Waals surface area contributed by atoms with E-state index >= 15 is 0 Å². The molecule has 1 nitrogen and oxygen atoms in total. The van der Waals surface area contributed by atoms with Crippen molar-refractivity contribution in [2.24, 2.45) is 0 Å². The van der Waals surface area contributed by atoms with Crippen LogP contribution < -0.4 is 5.32 Å². The van der Waals surface area contributed by atoms with Crippen LogP contribution in [0, 0.1) is 0 Å². The van der Waals surface area contributed by atoms with Gasteiger partial charge in [-0.1, -0.05) is 47.8 Å². The van der Waals surface area contributed by atoms with Crippen LogP contribution in [0.2, 0.25) is 14.4 Å². The van der Waals surface area contributed by atoms with E-state index in [2.05, 4.69) is 34.2 Å². The maximum Gasteiger partial charge on any atom is 0.107 e. The van der Waals surface area contributed by atoms with Crippen molar-refractivity contribution in [2.45, 2.75) is 19.4 Å². The topological polar surface area (TPSA) is 12.0 Å². The Bertz CT molecular complexity index is 581. The highest BCUT2D eigenvalue weighted by molar-refractivity contribution is 9.10. The van der Waals surface area contributed by atoms with Gasteiger partial charge in [0, 0.05) is 15.4 Å². The second kappa shape index (κ2) is 7.48. The summed E-state index contributed by atoms with van der Waals surface area (Å²) < 4.78 is 1.72. The van der Waals surface area contributed by atoms with Gasteiger partial charge >= 0.3 is 0 Å². The largest absolute Gasteiger partial charge is 0.309 e. The molecule has 2 aromatic rings. The Balaban J connectivity index is 2.22. The summed E-state index contributed by atoms with van der Waals surface area (Å²) in [5, 5.41) is 4.65. The summed E-state index contributed by atoms with van der Waals surface area (Å²) in [5.41, 5.74) is 1.14. The maximum atomic E-state index is 6.13. The Morgan fingerprint density at radius 3 is 2.50 bits per heavy atom. The van der Waals surface area contributed by atoms with Gasteiger partial charge in [-0.25, -0.2) is 0 Å². The molecule has 0 spiro atoms. The highest BCUT2D eigenvalue weighted by Gasteiger charge is 2.16. The second-order valence-electron chi connectivity index (χ2n) is 4.33. The van der Waals surface area contributed by atoms with E-state index in [1.807, 2.05) is 18.2 Å². The average molecular weight is 414 g/mol. The average Bonchev–Trinajstić information content (AvgIpc) is 2.73. The Morgan fingerprint density at radius 1 is 1.20 bits per heavy atom. The van der Waals surface area contributed by atoms with Crippen LogP contribution in [0.5, 0.6) is 0 Å². The molecule has 1 N–H and O–H groups in total. The van der Waals surface area contributed by atoms with E-state index in [9.17, 15) is 0 Å². The minimum Gasteiger partial charge on any atom is -0.309 e. The van der Waals surface area contributed by atoms with Gasteiger partial charge in [-0.05, 0) is 52.7 Å². The third-order valence-electron chi connectivity index (χ3n) is 2.88. The monoisotopic (exact) mass is 411 g/mol. The van der Waals surface area contributed by atoms with Gasteiger partial charge in [0.15, 0.2) is 0 Å². The quantitative estimate of drug-likeness (QED) is 0.601. The lowest BCUT2D eigenvalue weighted by Gasteiger charge is -2.16. The van der Waals surface area contributed by atoms with Crippen molar-refractivity contribution >= 4 is 62.1 Å². The molecule has 6 heteroatoms. The Hall–Kier alpha value is 0.230. The zero-order valence-electron chi connectivity index (χ0n) is 10.7. The maximum absolute atomic E-state index is 6.13. The van der Waals surface area contributed by atoms with Gasteiger partial charge in [0.25, 0.3) is 0 Å². The smallest absolute Gasteiger partial charge is 0.107 e. The van der Waals surface area contributed by atoms with E-state index in [1.54, 1.807) is 11.3 Å². The van der Waals surface area contributed by atoms with Gasteiger partial charge in [0.1, 0.15) is 4.34 Å². The van der Waals surface area contributed by atoms with E-state index in [0.29, 0.717) is 10.0 Å². The molecule has 0 aliphatic rings. The fraction of sp³-hybridized carbons (Fsp3) is 0.286. The van der Waals surface area contributed by atoms with Crippen molar-refractivity contribution in [3.05, 3.63) is 53.6 Å². The van der Waals surface area contributed by atoms with Crippen LogP contribution in [0.3, 0.4) is 0 Å². The first-order chi connectivity index (χ1) is 9.51. The molecule has 1 heterocycles. The molecule has 1 unspecified atom stereocenters. The van der Waals surface area contributed by atoms with E-state index < -0.39 is 0 Å².